The van der Waals surface area contributed by atoms with Crippen LogP contribution in [0.25, 0.3) is 10.8 Å². The number of aromatic hydroxyl groups is 1. The average molecular weight is 308 g/mol. The molecule has 2 aromatic rings. The molecule has 1 saturated heterocycles. The van der Waals surface area contributed by atoms with Gasteiger partial charge in [0.25, 0.3) is 0 Å². The number of thioether (sulfide) groups is 1. The number of benzene rings is 2. The Morgan fingerprint density at radius 2 is 1.67 bits per heavy atom. The molecule has 6 heteroatoms. The van der Waals surface area contributed by atoms with E-state index in [1.165, 1.54) is 11.8 Å². The fourth-order valence-electron chi connectivity index (χ4n) is 2.30. The van der Waals surface area contributed by atoms with E-state index >= 15 is 0 Å². The Bertz CT molecular complexity index is 647. The minimum atomic E-state index is -1.20. The standard InChI is InChI=1S/C15H16O5S/c16-10-3-1-9-6-11(4-2-8(9)5-10)21-15-14(19)13(18)12(17)7-20-15/h1-6,12-19H,7H2/t12-,13+,14-,15+/m1/s1. The van der Waals surface area contributed by atoms with Crippen molar-refractivity contribution in [1.82, 2.24) is 0 Å². The monoisotopic (exact) mass is 308 g/mol. The Balaban J connectivity index is 1.80. The van der Waals surface area contributed by atoms with E-state index in [4.69, 9.17) is 4.74 Å². The number of hydrogen-bond donors (Lipinski definition) is 4. The van der Waals surface area contributed by atoms with Crippen LogP contribution in [0, 0.1) is 0 Å². The zero-order chi connectivity index (χ0) is 15.0. The molecule has 0 aromatic heterocycles. The molecule has 1 aliphatic heterocycles. The quantitative estimate of drug-likeness (QED) is 0.664. The van der Waals surface area contributed by atoms with E-state index in [0.29, 0.717) is 0 Å². The number of aliphatic hydroxyl groups is 3. The first-order valence-electron chi connectivity index (χ1n) is 6.60. The third-order valence-electron chi connectivity index (χ3n) is 3.50. The second kappa shape index (κ2) is 5.82. The van der Waals surface area contributed by atoms with Crippen molar-refractivity contribution in [3.63, 3.8) is 0 Å². The average Bonchev–Trinajstić information content (AvgIpc) is 2.48. The zero-order valence-corrected chi connectivity index (χ0v) is 11.9. The van der Waals surface area contributed by atoms with Gasteiger partial charge in [-0.05, 0) is 35.0 Å². The number of fused-ring (bicyclic) bond motifs is 1. The summed E-state index contributed by atoms with van der Waals surface area (Å²) in [5.74, 6) is 0.214. The highest BCUT2D eigenvalue weighted by atomic mass is 32.2. The van der Waals surface area contributed by atoms with Crippen LogP contribution in [0.3, 0.4) is 0 Å². The van der Waals surface area contributed by atoms with Gasteiger partial charge in [-0.1, -0.05) is 23.9 Å². The number of rotatable bonds is 2. The molecule has 5 nitrogen and oxygen atoms in total. The van der Waals surface area contributed by atoms with Crippen LogP contribution in [0.1, 0.15) is 0 Å². The van der Waals surface area contributed by atoms with Crippen molar-refractivity contribution in [3.8, 4) is 5.75 Å². The first kappa shape index (κ1) is 14.6. The Hall–Kier alpha value is -1.31. The molecule has 1 aliphatic rings. The van der Waals surface area contributed by atoms with Crippen molar-refractivity contribution in [2.45, 2.75) is 28.6 Å². The molecule has 0 bridgehead atoms. The van der Waals surface area contributed by atoms with Gasteiger partial charge in [-0.15, -0.1) is 0 Å². The van der Waals surface area contributed by atoms with E-state index in [9.17, 15) is 20.4 Å². The van der Waals surface area contributed by atoms with Gasteiger partial charge in [0.2, 0.25) is 0 Å². The Morgan fingerprint density at radius 1 is 0.952 bits per heavy atom. The van der Waals surface area contributed by atoms with Gasteiger partial charge in [-0.3, -0.25) is 0 Å². The zero-order valence-electron chi connectivity index (χ0n) is 11.1. The van der Waals surface area contributed by atoms with Gasteiger partial charge in [0.05, 0.1) is 6.61 Å². The van der Waals surface area contributed by atoms with Crippen LogP contribution in [0.15, 0.2) is 41.3 Å². The van der Waals surface area contributed by atoms with Crippen molar-refractivity contribution < 1.29 is 25.2 Å². The number of phenolic OH excluding ortho intramolecular Hbond substituents is 1. The van der Waals surface area contributed by atoms with E-state index in [2.05, 4.69) is 0 Å². The normalized spacial score (nSPS) is 29.7. The molecule has 4 atom stereocenters. The summed E-state index contributed by atoms with van der Waals surface area (Å²) in [4.78, 5) is 0.876. The van der Waals surface area contributed by atoms with E-state index in [1.54, 1.807) is 12.1 Å². The van der Waals surface area contributed by atoms with Crippen molar-refractivity contribution in [2.24, 2.45) is 0 Å². The molecule has 4 N–H and O–H groups in total. The Morgan fingerprint density at radius 3 is 2.48 bits per heavy atom. The van der Waals surface area contributed by atoms with Gasteiger partial charge in [0, 0.05) is 4.90 Å². The van der Waals surface area contributed by atoms with Crippen LogP contribution in [0.2, 0.25) is 0 Å². The van der Waals surface area contributed by atoms with Gasteiger partial charge in [-0.2, -0.15) is 0 Å². The second-order valence-corrected chi connectivity index (χ2v) is 6.23. The summed E-state index contributed by atoms with van der Waals surface area (Å²) in [6, 6.07) is 10.8. The molecule has 2 aromatic carbocycles. The maximum Gasteiger partial charge on any atom is 0.136 e. The topological polar surface area (TPSA) is 90.2 Å². The summed E-state index contributed by atoms with van der Waals surface area (Å²) in [6.45, 7) is -0.00263. The fourth-order valence-corrected chi connectivity index (χ4v) is 3.36. The lowest BCUT2D eigenvalue weighted by Gasteiger charge is -2.34. The van der Waals surface area contributed by atoms with E-state index in [-0.39, 0.29) is 12.4 Å². The molecule has 0 spiro atoms. The number of aliphatic hydroxyl groups excluding tert-OH is 3. The second-order valence-electron chi connectivity index (χ2n) is 5.06. The fraction of sp³-hybridized carbons (Fsp3) is 0.333. The molecular formula is C15H16O5S. The number of hydrogen-bond acceptors (Lipinski definition) is 6. The predicted octanol–water partition coefficient (Wildman–Crippen LogP) is 1.08. The van der Waals surface area contributed by atoms with Crippen LogP contribution in [-0.2, 0) is 4.74 Å². The smallest absolute Gasteiger partial charge is 0.136 e. The van der Waals surface area contributed by atoms with Crippen molar-refractivity contribution in [2.75, 3.05) is 6.61 Å². The van der Waals surface area contributed by atoms with Gasteiger partial charge < -0.3 is 25.2 Å². The maximum absolute atomic E-state index is 9.93. The van der Waals surface area contributed by atoms with Crippen molar-refractivity contribution >= 4 is 22.5 Å². The predicted molar refractivity (Wildman–Crippen MR) is 79.2 cm³/mol. The first-order chi connectivity index (χ1) is 10.0. The Kier molecular flexibility index (Phi) is 4.05. The summed E-state index contributed by atoms with van der Waals surface area (Å²) < 4.78 is 5.37. The third kappa shape index (κ3) is 3.00. The highest BCUT2D eigenvalue weighted by molar-refractivity contribution is 7.99. The SMILES string of the molecule is Oc1ccc2cc(S[C@@H]3OC[C@@H](O)[C@H](O)[C@H]3O)ccc2c1. The number of phenols is 1. The molecule has 1 heterocycles. The Labute approximate surface area is 125 Å². The van der Waals surface area contributed by atoms with Gasteiger partial charge >= 0.3 is 0 Å². The first-order valence-corrected chi connectivity index (χ1v) is 7.48. The molecule has 0 saturated carbocycles. The molecule has 112 valence electrons. The molecule has 0 unspecified atom stereocenters. The van der Waals surface area contributed by atoms with Crippen LogP contribution in [-0.4, -0.2) is 50.8 Å². The summed E-state index contributed by atoms with van der Waals surface area (Å²) >= 11 is 1.29. The lowest BCUT2D eigenvalue weighted by atomic mass is 10.1. The van der Waals surface area contributed by atoms with Crippen LogP contribution in [0.4, 0.5) is 0 Å². The molecular weight excluding hydrogens is 292 g/mol. The van der Waals surface area contributed by atoms with Gasteiger partial charge in [0.15, 0.2) is 0 Å². The largest absolute Gasteiger partial charge is 0.508 e. The minimum absolute atomic E-state index is 0.00263. The lowest BCUT2D eigenvalue weighted by Crippen LogP contribution is -2.51. The minimum Gasteiger partial charge on any atom is -0.508 e. The van der Waals surface area contributed by atoms with Gasteiger partial charge in [0.1, 0.15) is 29.5 Å². The lowest BCUT2D eigenvalue weighted by molar-refractivity contribution is -0.161. The van der Waals surface area contributed by atoms with E-state index in [1.807, 2.05) is 24.3 Å². The van der Waals surface area contributed by atoms with Gasteiger partial charge in [-0.25, -0.2) is 0 Å². The summed E-state index contributed by atoms with van der Waals surface area (Å²) in [5.41, 5.74) is -0.627. The van der Waals surface area contributed by atoms with Crippen LogP contribution < -0.4 is 0 Å². The molecule has 0 aliphatic carbocycles. The third-order valence-corrected chi connectivity index (χ3v) is 4.68. The van der Waals surface area contributed by atoms with E-state index < -0.39 is 23.7 Å². The summed E-state index contributed by atoms with van der Waals surface area (Å²) in [6.07, 6.45) is -3.40. The van der Waals surface area contributed by atoms with Crippen molar-refractivity contribution in [1.29, 1.82) is 0 Å². The number of ether oxygens (including phenoxy) is 1. The van der Waals surface area contributed by atoms with Crippen LogP contribution >= 0.6 is 11.8 Å². The maximum atomic E-state index is 9.93. The molecule has 21 heavy (non-hydrogen) atoms. The molecule has 1 fully saturated rings. The molecule has 0 radical (unpaired) electrons. The highest BCUT2D eigenvalue weighted by Crippen LogP contribution is 2.33. The summed E-state index contributed by atoms with van der Waals surface area (Å²) in [7, 11) is 0. The summed E-state index contributed by atoms with van der Waals surface area (Å²) in [5, 5.41) is 40.4. The molecule has 3 rings (SSSR count). The van der Waals surface area contributed by atoms with Crippen molar-refractivity contribution in [3.05, 3.63) is 36.4 Å². The van der Waals surface area contributed by atoms with Crippen LogP contribution in [0.5, 0.6) is 5.75 Å². The highest BCUT2D eigenvalue weighted by Gasteiger charge is 2.37. The molecule has 0 amide bonds. The van der Waals surface area contributed by atoms with E-state index in [0.717, 1.165) is 15.7 Å².